The fraction of sp³-hybridized carbons (Fsp3) is 0.143. The molecular formula is C7H7ClS2. The monoisotopic (exact) mass is 190 g/mol. The van der Waals surface area contributed by atoms with Crippen molar-refractivity contribution in [2.24, 2.45) is 0 Å². The number of hydrogen-bond acceptors (Lipinski definition) is 2. The Balaban J connectivity index is 3.04. The van der Waals surface area contributed by atoms with Gasteiger partial charge in [0.2, 0.25) is 0 Å². The van der Waals surface area contributed by atoms with Crippen LogP contribution in [0.15, 0.2) is 23.1 Å². The van der Waals surface area contributed by atoms with E-state index in [-0.39, 0.29) is 0 Å². The van der Waals surface area contributed by atoms with Crippen molar-refractivity contribution in [1.82, 2.24) is 0 Å². The number of hydrogen-bond donors (Lipinski definition) is 1. The van der Waals surface area contributed by atoms with Crippen LogP contribution in [0.2, 0.25) is 5.02 Å². The number of benzene rings is 1. The summed E-state index contributed by atoms with van der Waals surface area (Å²) in [5, 5.41) is 0.811. The largest absolute Gasteiger partial charge is 0.106 e. The van der Waals surface area contributed by atoms with Crippen molar-refractivity contribution in [3.63, 3.8) is 0 Å². The van der Waals surface area contributed by atoms with E-state index in [0.29, 0.717) is 0 Å². The second-order valence-corrected chi connectivity index (χ2v) is 3.61. The molecule has 0 bridgehead atoms. The molecule has 0 radical (unpaired) electrons. The van der Waals surface area contributed by atoms with Gasteiger partial charge in [-0.25, -0.2) is 0 Å². The van der Waals surface area contributed by atoms with Crippen molar-refractivity contribution in [1.29, 1.82) is 0 Å². The van der Waals surface area contributed by atoms with Crippen LogP contribution in [-0.4, -0.2) is 0 Å². The minimum atomic E-state index is 0.811. The summed E-state index contributed by atoms with van der Waals surface area (Å²) in [4.78, 5) is 1.13. The van der Waals surface area contributed by atoms with Crippen molar-refractivity contribution in [3.05, 3.63) is 28.8 Å². The molecule has 0 N–H and O–H groups in total. The van der Waals surface area contributed by atoms with Crippen molar-refractivity contribution < 1.29 is 0 Å². The first-order chi connectivity index (χ1) is 4.74. The Kier molecular flexibility index (Phi) is 2.96. The van der Waals surface area contributed by atoms with Gasteiger partial charge < -0.3 is 0 Å². The average molecular weight is 191 g/mol. The molecule has 0 aliphatic rings. The number of aryl methyl sites for hydroxylation is 1. The molecule has 54 valence electrons. The summed E-state index contributed by atoms with van der Waals surface area (Å²) in [7, 11) is 1.43. The summed E-state index contributed by atoms with van der Waals surface area (Å²) < 4.78 is 0. The van der Waals surface area contributed by atoms with Crippen LogP contribution in [-0.2, 0) is 0 Å². The molecule has 0 aromatic heterocycles. The molecule has 0 nitrogen and oxygen atoms in total. The Bertz CT molecular complexity index is 235. The topological polar surface area (TPSA) is 0 Å². The van der Waals surface area contributed by atoms with E-state index >= 15 is 0 Å². The minimum absolute atomic E-state index is 0.811. The quantitative estimate of drug-likeness (QED) is 0.522. The van der Waals surface area contributed by atoms with Crippen LogP contribution < -0.4 is 0 Å². The van der Waals surface area contributed by atoms with E-state index in [0.717, 1.165) is 15.5 Å². The number of thiol groups is 1. The highest BCUT2D eigenvalue weighted by Crippen LogP contribution is 2.25. The predicted molar refractivity (Wildman–Crippen MR) is 51.0 cm³/mol. The molecule has 0 aliphatic heterocycles. The molecule has 1 aromatic rings. The summed E-state index contributed by atoms with van der Waals surface area (Å²) in [6.45, 7) is 1.98. The van der Waals surface area contributed by atoms with Gasteiger partial charge in [-0.05, 0) is 30.7 Å². The molecule has 0 fully saturated rings. The van der Waals surface area contributed by atoms with Crippen LogP contribution in [0.25, 0.3) is 0 Å². The predicted octanol–water partition coefficient (Wildman–Crippen LogP) is 3.59. The molecule has 0 saturated carbocycles. The lowest BCUT2D eigenvalue weighted by Crippen LogP contribution is -1.74. The Hall–Kier alpha value is 0.210. The summed E-state index contributed by atoms with van der Waals surface area (Å²) in [5.41, 5.74) is 1.10. The molecule has 1 aromatic carbocycles. The van der Waals surface area contributed by atoms with Gasteiger partial charge in [0.1, 0.15) is 0 Å². The Morgan fingerprint density at radius 2 is 2.20 bits per heavy atom. The van der Waals surface area contributed by atoms with E-state index in [1.54, 1.807) is 0 Å². The molecular weight excluding hydrogens is 184 g/mol. The third-order valence-corrected chi connectivity index (χ3v) is 2.76. The van der Waals surface area contributed by atoms with E-state index in [4.69, 9.17) is 11.6 Å². The number of halogens is 1. The van der Waals surface area contributed by atoms with Gasteiger partial charge in [0.05, 0.1) is 0 Å². The molecule has 0 atom stereocenters. The standard InChI is InChI=1S/C7H7ClS2/c1-5-4-6(10-9)2-3-7(5)8/h2-4,9H,1H3. The molecule has 0 aliphatic carbocycles. The second kappa shape index (κ2) is 3.56. The molecule has 0 spiro atoms. The first-order valence-electron chi connectivity index (χ1n) is 2.81. The van der Waals surface area contributed by atoms with Crippen LogP contribution in [0.4, 0.5) is 0 Å². The van der Waals surface area contributed by atoms with E-state index in [2.05, 4.69) is 11.7 Å². The van der Waals surface area contributed by atoms with Crippen molar-refractivity contribution in [2.75, 3.05) is 0 Å². The molecule has 0 unspecified atom stereocenters. The summed E-state index contributed by atoms with van der Waals surface area (Å²) >= 11 is 9.87. The van der Waals surface area contributed by atoms with Crippen LogP contribution in [0.1, 0.15) is 5.56 Å². The minimum Gasteiger partial charge on any atom is -0.106 e. The zero-order chi connectivity index (χ0) is 7.56. The lowest BCUT2D eigenvalue weighted by molar-refractivity contribution is 1.37. The highest BCUT2D eigenvalue weighted by molar-refractivity contribution is 8.68. The van der Waals surface area contributed by atoms with Gasteiger partial charge in [-0.3, -0.25) is 0 Å². The third-order valence-electron chi connectivity index (χ3n) is 1.23. The Morgan fingerprint density at radius 3 is 2.70 bits per heavy atom. The molecule has 1 rings (SSSR count). The van der Waals surface area contributed by atoms with Gasteiger partial charge in [-0.2, -0.15) is 0 Å². The highest BCUT2D eigenvalue weighted by Gasteiger charge is 1.94. The molecule has 3 heteroatoms. The maximum absolute atomic E-state index is 5.80. The molecule has 10 heavy (non-hydrogen) atoms. The first-order valence-corrected chi connectivity index (χ1v) is 5.06. The summed E-state index contributed by atoms with van der Waals surface area (Å²) in [6.07, 6.45) is 0. The van der Waals surface area contributed by atoms with Gasteiger partial charge in [0, 0.05) is 9.92 Å². The molecule has 0 heterocycles. The van der Waals surface area contributed by atoms with E-state index in [1.807, 2.05) is 25.1 Å². The summed E-state index contributed by atoms with van der Waals surface area (Å²) in [6, 6.07) is 5.85. The zero-order valence-electron chi connectivity index (χ0n) is 5.47. The van der Waals surface area contributed by atoms with Crippen molar-refractivity contribution in [3.8, 4) is 0 Å². The van der Waals surface area contributed by atoms with Crippen molar-refractivity contribution >= 4 is 34.1 Å². The van der Waals surface area contributed by atoms with Gasteiger partial charge >= 0.3 is 0 Å². The van der Waals surface area contributed by atoms with Gasteiger partial charge in [0.15, 0.2) is 0 Å². The van der Waals surface area contributed by atoms with E-state index in [9.17, 15) is 0 Å². The Morgan fingerprint density at radius 1 is 1.50 bits per heavy atom. The number of rotatable bonds is 1. The van der Waals surface area contributed by atoms with Crippen LogP contribution >= 0.6 is 34.1 Å². The average Bonchev–Trinajstić information content (AvgIpc) is 1.95. The van der Waals surface area contributed by atoms with Crippen LogP contribution in [0.3, 0.4) is 0 Å². The molecule has 0 amide bonds. The van der Waals surface area contributed by atoms with E-state index in [1.165, 1.54) is 10.8 Å². The maximum atomic E-state index is 5.80. The van der Waals surface area contributed by atoms with Crippen LogP contribution in [0.5, 0.6) is 0 Å². The smallest absolute Gasteiger partial charge is 0.0435 e. The maximum Gasteiger partial charge on any atom is 0.0435 e. The zero-order valence-corrected chi connectivity index (χ0v) is 7.93. The fourth-order valence-corrected chi connectivity index (χ4v) is 1.49. The Labute approximate surface area is 74.8 Å². The summed E-state index contributed by atoms with van der Waals surface area (Å²) in [5.74, 6) is 0. The second-order valence-electron chi connectivity index (χ2n) is 2.00. The normalized spacial score (nSPS) is 9.90. The molecule has 0 saturated heterocycles. The van der Waals surface area contributed by atoms with Gasteiger partial charge in [0.25, 0.3) is 0 Å². The van der Waals surface area contributed by atoms with E-state index < -0.39 is 0 Å². The third kappa shape index (κ3) is 1.84. The fourth-order valence-electron chi connectivity index (χ4n) is 0.674. The highest BCUT2D eigenvalue weighted by atomic mass is 35.5. The van der Waals surface area contributed by atoms with Gasteiger partial charge in [-0.15, -0.1) is 11.7 Å². The first kappa shape index (κ1) is 8.31. The van der Waals surface area contributed by atoms with Gasteiger partial charge in [-0.1, -0.05) is 22.4 Å². The van der Waals surface area contributed by atoms with Crippen molar-refractivity contribution in [2.45, 2.75) is 11.8 Å². The van der Waals surface area contributed by atoms with Crippen LogP contribution in [0, 0.1) is 6.92 Å². The lowest BCUT2D eigenvalue weighted by atomic mass is 10.2. The lowest BCUT2D eigenvalue weighted by Gasteiger charge is -1.98. The SMILES string of the molecule is Cc1cc(SS)ccc1Cl.